The van der Waals surface area contributed by atoms with E-state index in [1.54, 1.807) is 38.3 Å². The van der Waals surface area contributed by atoms with Crippen molar-refractivity contribution in [2.45, 2.75) is 46.1 Å². The highest BCUT2D eigenvalue weighted by molar-refractivity contribution is 7.17. The van der Waals surface area contributed by atoms with Gasteiger partial charge in [-0.3, -0.25) is 24.4 Å². The minimum atomic E-state index is -0.499. The number of benzene rings is 1. The highest BCUT2D eigenvalue weighted by Crippen LogP contribution is 2.38. The highest BCUT2D eigenvalue weighted by atomic mass is 32.1. The molecular weight excluding hydrogens is 458 g/mol. The molecule has 0 fully saturated rings. The first-order valence-electron chi connectivity index (χ1n) is 10.9. The number of rotatable bonds is 7. The fourth-order valence-electron chi connectivity index (χ4n) is 4.17. The zero-order valence-corrected chi connectivity index (χ0v) is 20.0. The van der Waals surface area contributed by atoms with E-state index >= 15 is 0 Å². The zero-order valence-electron chi connectivity index (χ0n) is 19.1. The van der Waals surface area contributed by atoms with E-state index in [4.69, 9.17) is 4.74 Å². The topological polar surface area (TPSA) is 128 Å². The van der Waals surface area contributed by atoms with Gasteiger partial charge >= 0.3 is 5.69 Å². The van der Waals surface area contributed by atoms with Crippen LogP contribution in [-0.4, -0.2) is 33.6 Å². The lowest BCUT2D eigenvalue weighted by Gasteiger charge is -2.13. The Morgan fingerprint density at radius 2 is 1.88 bits per heavy atom. The van der Waals surface area contributed by atoms with E-state index in [1.807, 2.05) is 0 Å². The normalized spacial score (nSPS) is 12.7. The number of hydrogen-bond acceptors (Lipinski definition) is 7. The van der Waals surface area contributed by atoms with E-state index < -0.39 is 10.8 Å². The van der Waals surface area contributed by atoms with Gasteiger partial charge in [-0.25, -0.2) is 0 Å². The van der Waals surface area contributed by atoms with Crippen LogP contribution in [-0.2, 0) is 24.2 Å². The average molecular weight is 484 g/mol. The summed E-state index contributed by atoms with van der Waals surface area (Å²) in [6.07, 6.45) is 3.66. The molecule has 1 aliphatic rings. The van der Waals surface area contributed by atoms with Crippen molar-refractivity contribution in [1.29, 1.82) is 0 Å². The van der Waals surface area contributed by atoms with Crippen LogP contribution in [0.15, 0.2) is 24.3 Å². The first-order valence-corrected chi connectivity index (χ1v) is 11.7. The first-order chi connectivity index (χ1) is 16.3. The molecule has 0 aliphatic heterocycles. The van der Waals surface area contributed by atoms with E-state index in [-0.39, 0.29) is 23.8 Å². The van der Waals surface area contributed by atoms with Crippen LogP contribution in [0.3, 0.4) is 0 Å². The van der Waals surface area contributed by atoms with Gasteiger partial charge in [0.25, 0.3) is 5.91 Å². The number of aromatic nitrogens is 2. The summed E-state index contributed by atoms with van der Waals surface area (Å²) >= 11 is 1.41. The Balaban J connectivity index is 1.57. The first kappa shape index (κ1) is 23.4. The van der Waals surface area contributed by atoms with Gasteiger partial charge in [-0.1, -0.05) is 0 Å². The molecule has 0 atom stereocenters. The summed E-state index contributed by atoms with van der Waals surface area (Å²) in [6.45, 7) is 2.90. The van der Waals surface area contributed by atoms with Gasteiger partial charge in [-0.2, -0.15) is 5.10 Å². The molecule has 34 heavy (non-hydrogen) atoms. The third kappa shape index (κ3) is 4.65. The molecule has 10 nitrogen and oxygen atoms in total. The van der Waals surface area contributed by atoms with Crippen LogP contribution >= 0.6 is 11.3 Å². The van der Waals surface area contributed by atoms with Crippen molar-refractivity contribution in [2.24, 2.45) is 0 Å². The molecule has 4 rings (SSSR count). The molecule has 1 aliphatic carbocycles. The van der Waals surface area contributed by atoms with Crippen LogP contribution < -0.4 is 15.4 Å². The summed E-state index contributed by atoms with van der Waals surface area (Å²) in [5.74, 6) is -0.0116. The summed E-state index contributed by atoms with van der Waals surface area (Å²) in [7, 11) is 1.57. The lowest BCUT2D eigenvalue weighted by atomic mass is 9.95. The number of fused-ring (bicyclic) bond motifs is 1. The largest absolute Gasteiger partial charge is 0.497 e. The molecule has 2 heterocycles. The Morgan fingerprint density at radius 3 is 2.53 bits per heavy atom. The van der Waals surface area contributed by atoms with Gasteiger partial charge in [0.15, 0.2) is 0 Å². The molecule has 0 radical (unpaired) electrons. The third-order valence-electron chi connectivity index (χ3n) is 5.82. The van der Waals surface area contributed by atoms with Crippen molar-refractivity contribution in [1.82, 2.24) is 9.78 Å². The summed E-state index contributed by atoms with van der Waals surface area (Å²) in [5, 5.41) is 21.6. The molecule has 3 aromatic rings. The SMILES string of the molecule is COc1ccc(NC(=O)c2c(NC(=O)Cn3nc(C)c([N+](=O)[O-])c3C)sc3c2CCCC3)cc1. The summed E-state index contributed by atoms with van der Waals surface area (Å²) in [6, 6.07) is 7.02. The minimum absolute atomic E-state index is 0.0982. The smallest absolute Gasteiger partial charge is 0.312 e. The van der Waals surface area contributed by atoms with E-state index in [9.17, 15) is 19.7 Å². The van der Waals surface area contributed by atoms with E-state index in [2.05, 4.69) is 15.7 Å². The number of carbonyl (C=O) groups is 2. The van der Waals surface area contributed by atoms with Crippen LogP contribution in [0.4, 0.5) is 16.4 Å². The van der Waals surface area contributed by atoms with Crippen molar-refractivity contribution in [3.8, 4) is 5.75 Å². The van der Waals surface area contributed by atoms with Crippen LogP contribution in [0.1, 0.15) is 45.0 Å². The maximum Gasteiger partial charge on any atom is 0.312 e. The fraction of sp³-hybridized carbons (Fsp3) is 0.348. The number of aryl methyl sites for hydroxylation is 2. The van der Waals surface area contributed by atoms with Gasteiger partial charge < -0.3 is 15.4 Å². The van der Waals surface area contributed by atoms with Gasteiger partial charge in [-0.15, -0.1) is 11.3 Å². The Kier molecular flexibility index (Phi) is 6.64. The predicted octanol–water partition coefficient (Wildman–Crippen LogP) is 4.25. The second kappa shape index (κ2) is 9.64. The highest BCUT2D eigenvalue weighted by Gasteiger charge is 2.27. The number of thiophene rings is 1. The van der Waals surface area contributed by atoms with Gasteiger partial charge in [-0.05, 0) is 69.4 Å². The molecule has 0 saturated carbocycles. The summed E-state index contributed by atoms with van der Waals surface area (Å²) < 4.78 is 6.47. The lowest BCUT2D eigenvalue weighted by Crippen LogP contribution is -2.22. The number of nitro groups is 1. The van der Waals surface area contributed by atoms with Gasteiger partial charge in [0.05, 0.1) is 17.6 Å². The molecule has 0 spiro atoms. The molecule has 11 heteroatoms. The van der Waals surface area contributed by atoms with Gasteiger partial charge in [0, 0.05) is 10.6 Å². The van der Waals surface area contributed by atoms with E-state index in [0.717, 1.165) is 36.1 Å². The number of carbonyl (C=O) groups excluding carboxylic acids is 2. The molecule has 2 amide bonds. The number of ether oxygens (including phenoxy) is 1. The van der Waals surface area contributed by atoms with Crippen molar-refractivity contribution in [3.05, 3.63) is 61.8 Å². The van der Waals surface area contributed by atoms with Crippen LogP contribution in [0, 0.1) is 24.0 Å². The van der Waals surface area contributed by atoms with E-state index in [0.29, 0.717) is 27.7 Å². The standard InChI is InChI=1S/C23H25N5O5S/c1-13-21(28(31)32)14(2)27(26-13)12-19(29)25-23-20(17-6-4-5-7-18(17)34-23)22(30)24-15-8-10-16(33-3)11-9-15/h8-11H,4-7,12H2,1-3H3,(H,24,30)(H,25,29). The molecular formula is C23H25N5O5S. The summed E-state index contributed by atoms with van der Waals surface area (Å²) in [5.41, 5.74) is 2.53. The Labute approximate surface area is 200 Å². The molecule has 2 aromatic heterocycles. The average Bonchev–Trinajstić information content (AvgIpc) is 3.29. The number of anilines is 2. The van der Waals surface area contributed by atoms with Crippen LogP contribution in [0.25, 0.3) is 0 Å². The second-order valence-corrected chi connectivity index (χ2v) is 9.19. The van der Waals surface area contributed by atoms with Crippen molar-refractivity contribution < 1.29 is 19.2 Å². The van der Waals surface area contributed by atoms with Gasteiger partial charge in [0.2, 0.25) is 5.91 Å². The Bertz CT molecular complexity index is 1260. The van der Waals surface area contributed by atoms with Gasteiger partial charge in [0.1, 0.15) is 28.7 Å². The number of nitrogens with one attached hydrogen (secondary N) is 2. The quantitative estimate of drug-likeness (QED) is 0.382. The minimum Gasteiger partial charge on any atom is -0.497 e. The number of hydrogen-bond donors (Lipinski definition) is 2. The zero-order chi connectivity index (χ0) is 24.4. The summed E-state index contributed by atoms with van der Waals surface area (Å²) in [4.78, 5) is 38.0. The third-order valence-corrected chi connectivity index (χ3v) is 7.03. The van der Waals surface area contributed by atoms with Crippen LogP contribution in [0.2, 0.25) is 0 Å². The maximum absolute atomic E-state index is 13.3. The maximum atomic E-state index is 13.3. The van der Waals surface area contributed by atoms with Crippen LogP contribution in [0.5, 0.6) is 5.75 Å². The molecule has 2 N–H and O–H groups in total. The van der Waals surface area contributed by atoms with Crippen molar-refractivity contribution >= 4 is 39.5 Å². The molecule has 0 unspecified atom stereocenters. The number of amides is 2. The fourth-order valence-corrected chi connectivity index (χ4v) is 5.47. The lowest BCUT2D eigenvalue weighted by molar-refractivity contribution is -0.386. The Morgan fingerprint density at radius 1 is 1.18 bits per heavy atom. The number of methoxy groups -OCH3 is 1. The molecule has 1 aromatic carbocycles. The monoisotopic (exact) mass is 483 g/mol. The Hall–Kier alpha value is -3.73. The molecule has 0 saturated heterocycles. The molecule has 0 bridgehead atoms. The number of nitrogens with zero attached hydrogens (tertiary/aromatic N) is 3. The molecule has 178 valence electrons. The van der Waals surface area contributed by atoms with E-state index in [1.165, 1.54) is 22.9 Å². The van der Waals surface area contributed by atoms with Crippen molar-refractivity contribution in [2.75, 3.05) is 17.7 Å². The predicted molar refractivity (Wildman–Crippen MR) is 129 cm³/mol. The second-order valence-electron chi connectivity index (χ2n) is 8.08. The van der Waals surface area contributed by atoms with Crippen molar-refractivity contribution in [3.63, 3.8) is 0 Å².